The summed E-state index contributed by atoms with van der Waals surface area (Å²) in [5.41, 5.74) is 2.27. The van der Waals surface area contributed by atoms with E-state index >= 15 is 0 Å². The van der Waals surface area contributed by atoms with Crippen LogP contribution in [0.5, 0.6) is 0 Å². The number of nitrogens with one attached hydrogen (secondary N) is 1. The second kappa shape index (κ2) is 4.55. The van der Waals surface area contributed by atoms with Crippen molar-refractivity contribution in [2.24, 2.45) is 0 Å². The van der Waals surface area contributed by atoms with Crippen LogP contribution >= 0.6 is 0 Å². The summed E-state index contributed by atoms with van der Waals surface area (Å²) >= 11 is 0. The third-order valence-corrected chi connectivity index (χ3v) is 3.44. The second-order valence-electron chi connectivity index (χ2n) is 4.89. The second-order valence-corrected chi connectivity index (χ2v) is 4.89. The van der Waals surface area contributed by atoms with Crippen LogP contribution in [0.3, 0.4) is 0 Å². The van der Waals surface area contributed by atoms with Crippen LogP contribution in [0.4, 0.5) is 0 Å². The van der Waals surface area contributed by atoms with Gasteiger partial charge in [-0.3, -0.25) is 4.90 Å². The van der Waals surface area contributed by atoms with Gasteiger partial charge >= 0.3 is 0 Å². The molecule has 0 aliphatic carbocycles. The standard InChI is InChI=1S/C12H21N3O/c1-8-6-15(9(2)5-13-8)7-12-10(3)14-16-11(12)4/h8-9,13H,5-7H2,1-4H3. The summed E-state index contributed by atoms with van der Waals surface area (Å²) in [7, 11) is 0. The summed E-state index contributed by atoms with van der Waals surface area (Å²) in [6.45, 7) is 11.6. The SMILES string of the molecule is Cc1noc(C)c1CN1CC(C)NCC1C. The molecule has 0 saturated carbocycles. The third kappa shape index (κ3) is 2.28. The van der Waals surface area contributed by atoms with Crippen LogP contribution < -0.4 is 5.32 Å². The molecule has 2 heterocycles. The Bertz CT molecular complexity index is 342. The van der Waals surface area contributed by atoms with Crippen molar-refractivity contribution in [2.45, 2.75) is 46.3 Å². The first kappa shape index (κ1) is 11.6. The molecule has 4 nitrogen and oxygen atoms in total. The molecular formula is C12H21N3O. The maximum atomic E-state index is 5.21. The molecule has 0 aromatic carbocycles. The van der Waals surface area contributed by atoms with Crippen molar-refractivity contribution in [3.8, 4) is 0 Å². The molecule has 90 valence electrons. The zero-order valence-corrected chi connectivity index (χ0v) is 10.6. The summed E-state index contributed by atoms with van der Waals surface area (Å²) in [6.07, 6.45) is 0. The van der Waals surface area contributed by atoms with E-state index in [0.717, 1.165) is 31.1 Å². The number of rotatable bonds is 2. The van der Waals surface area contributed by atoms with E-state index in [-0.39, 0.29) is 0 Å². The Labute approximate surface area is 97.0 Å². The fourth-order valence-corrected chi connectivity index (χ4v) is 2.25. The number of nitrogens with zero attached hydrogens (tertiary/aromatic N) is 2. The lowest BCUT2D eigenvalue weighted by atomic mass is 10.1. The molecule has 0 amide bonds. The van der Waals surface area contributed by atoms with Gasteiger partial charge in [0.2, 0.25) is 0 Å². The van der Waals surface area contributed by atoms with Crippen LogP contribution in [0.2, 0.25) is 0 Å². The van der Waals surface area contributed by atoms with Gasteiger partial charge in [0, 0.05) is 37.3 Å². The largest absolute Gasteiger partial charge is 0.361 e. The van der Waals surface area contributed by atoms with E-state index in [2.05, 4.69) is 29.2 Å². The quantitative estimate of drug-likeness (QED) is 0.824. The number of aryl methyl sites for hydroxylation is 2. The van der Waals surface area contributed by atoms with Gasteiger partial charge in [-0.2, -0.15) is 0 Å². The fourth-order valence-electron chi connectivity index (χ4n) is 2.25. The minimum absolute atomic E-state index is 0.566. The molecule has 2 atom stereocenters. The van der Waals surface area contributed by atoms with Gasteiger partial charge in [0.25, 0.3) is 0 Å². The van der Waals surface area contributed by atoms with Gasteiger partial charge in [-0.05, 0) is 27.7 Å². The minimum atomic E-state index is 0.566. The third-order valence-electron chi connectivity index (χ3n) is 3.44. The van der Waals surface area contributed by atoms with E-state index in [1.165, 1.54) is 5.56 Å². The number of hydrogen-bond acceptors (Lipinski definition) is 4. The molecule has 1 aliphatic rings. The van der Waals surface area contributed by atoms with E-state index in [1.807, 2.05) is 13.8 Å². The van der Waals surface area contributed by atoms with Crippen molar-refractivity contribution >= 4 is 0 Å². The zero-order chi connectivity index (χ0) is 11.7. The van der Waals surface area contributed by atoms with E-state index in [4.69, 9.17) is 4.52 Å². The first-order valence-corrected chi connectivity index (χ1v) is 5.97. The predicted molar refractivity (Wildman–Crippen MR) is 63.3 cm³/mol. The first-order chi connectivity index (χ1) is 7.58. The molecule has 0 radical (unpaired) electrons. The molecule has 0 bridgehead atoms. The van der Waals surface area contributed by atoms with Gasteiger partial charge in [-0.15, -0.1) is 0 Å². The average Bonchev–Trinajstić information content (AvgIpc) is 2.55. The zero-order valence-electron chi connectivity index (χ0n) is 10.6. The molecule has 4 heteroatoms. The highest BCUT2D eigenvalue weighted by atomic mass is 16.5. The van der Waals surface area contributed by atoms with E-state index < -0.39 is 0 Å². The van der Waals surface area contributed by atoms with Crippen LogP contribution in [0.25, 0.3) is 0 Å². The molecular weight excluding hydrogens is 202 g/mol. The molecule has 1 fully saturated rings. The Hall–Kier alpha value is -0.870. The van der Waals surface area contributed by atoms with E-state index in [0.29, 0.717) is 12.1 Å². The summed E-state index contributed by atoms with van der Waals surface area (Å²) in [6, 6.07) is 1.14. The molecule has 0 spiro atoms. The van der Waals surface area contributed by atoms with E-state index in [9.17, 15) is 0 Å². The van der Waals surface area contributed by atoms with Crippen molar-refractivity contribution < 1.29 is 4.52 Å². The molecule has 2 rings (SSSR count). The molecule has 1 aromatic rings. The van der Waals surface area contributed by atoms with Crippen LogP contribution in [0.1, 0.15) is 30.9 Å². The predicted octanol–water partition coefficient (Wildman–Crippen LogP) is 1.47. The summed E-state index contributed by atoms with van der Waals surface area (Å²) < 4.78 is 5.21. The lowest BCUT2D eigenvalue weighted by molar-refractivity contribution is 0.138. The summed E-state index contributed by atoms with van der Waals surface area (Å²) in [5, 5.41) is 7.50. The Morgan fingerprint density at radius 2 is 2.19 bits per heavy atom. The minimum Gasteiger partial charge on any atom is -0.361 e. The highest BCUT2D eigenvalue weighted by molar-refractivity contribution is 5.20. The normalized spacial score (nSPS) is 27.2. The van der Waals surface area contributed by atoms with Crippen LogP contribution in [0, 0.1) is 13.8 Å². The summed E-state index contributed by atoms with van der Waals surface area (Å²) in [4.78, 5) is 2.49. The smallest absolute Gasteiger partial charge is 0.138 e. The van der Waals surface area contributed by atoms with Gasteiger partial charge in [-0.1, -0.05) is 5.16 Å². The molecule has 2 unspecified atom stereocenters. The lowest BCUT2D eigenvalue weighted by Gasteiger charge is -2.37. The van der Waals surface area contributed by atoms with Crippen LogP contribution in [-0.4, -0.2) is 35.2 Å². The highest BCUT2D eigenvalue weighted by Gasteiger charge is 2.24. The Morgan fingerprint density at radius 1 is 1.44 bits per heavy atom. The Balaban J connectivity index is 2.08. The first-order valence-electron chi connectivity index (χ1n) is 5.97. The van der Waals surface area contributed by atoms with Crippen LogP contribution in [0.15, 0.2) is 4.52 Å². The van der Waals surface area contributed by atoms with Gasteiger partial charge < -0.3 is 9.84 Å². The molecule has 1 N–H and O–H groups in total. The van der Waals surface area contributed by atoms with Gasteiger partial charge in [0.15, 0.2) is 0 Å². The van der Waals surface area contributed by atoms with E-state index in [1.54, 1.807) is 0 Å². The Kier molecular flexibility index (Phi) is 3.30. The number of piperazine rings is 1. The van der Waals surface area contributed by atoms with Crippen molar-refractivity contribution in [3.63, 3.8) is 0 Å². The van der Waals surface area contributed by atoms with Crippen molar-refractivity contribution in [1.82, 2.24) is 15.4 Å². The summed E-state index contributed by atoms with van der Waals surface area (Å²) in [5.74, 6) is 0.955. The molecule has 1 aromatic heterocycles. The van der Waals surface area contributed by atoms with Gasteiger partial charge in [0.05, 0.1) is 5.69 Å². The maximum Gasteiger partial charge on any atom is 0.138 e. The van der Waals surface area contributed by atoms with Crippen molar-refractivity contribution in [3.05, 3.63) is 17.0 Å². The topological polar surface area (TPSA) is 41.3 Å². The van der Waals surface area contributed by atoms with Crippen molar-refractivity contribution in [1.29, 1.82) is 0 Å². The molecule has 1 saturated heterocycles. The number of aromatic nitrogens is 1. The fraction of sp³-hybridized carbons (Fsp3) is 0.750. The monoisotopic (exact) mass is 223 g/mol. The molecule has 1 aliphatic heterocycles. The highest BCUT2D eigenvalue weighted by Crippen LogP contribution is 2.18. The van der Waals surface area contributed by atoms with Crippen molar-refractivity contribution in [2.75, 3.05) is 13.1 Å². The molecule has 16 heavy (non-hydrogen) atoms. The van der Waals surface area contributed by atoms with Crippen LogP contribution in [-0.2, 0) is 6.54 Å². The maximum absolute atomic E-state index is 5.21. The lowest BCUT2D eigenvalue weighted by Crippen LogP contribution is -2.53. The van der Waals surface area contributed by atoms with Gasteiger partial charge in [-0.25, -0.2) is 0 Å². The Morgan fingerprint density at radius 3 is 2.81 bits per heavy atom. The number of hydrogen-bond donors (Lipinski definition) is 1. The average molecular weight is 223 g/mol. The van der Waals surface area contributed by atoms with Gasteiger partial charge in [0.1, 0.15) is 5.76 Å².